The lowest BCUT2D eigenvalue weighted by Crippen LogP contribution is -2.28. The normalized spacial score (nSPS) is 14.9. The van der Waals surface area contributed by atoms with Crippen LogP contribution in [0.5, 0.6) is 0 Å². The first-order chi connectivity index (χ1) is 13.0. The van der Waals surface area contributed by atoms with E-state index in [9.17, 15) is 14.4 Å². The van der Waals surface area contributed by atoms with Gasteiger partial charge in [0.05, 0.1) is 11.3 Å². The van der Waals surface area contributed by atoms with E-state index in [0.29, 0.717) is 29.8 Å². The fourth-order valence-electron chi connectivity index (χ4n) is 3.20. The van der Waals surface area contributed by atoms with Crippen LogP contribution in [0.2, 0.25) is 0 Å². The molecule has 140 valence electrons. The molecule has 2 aromatic rings. The number of benzene rings is 2. The summed E-state index contributed by atoms with van der Waals surface area (Å²) in [5, 5.41) is 0. The molecule has 1 fully saturated rings. The van der Waals surface area contributed by atoms with Crippen LogP contribution in [-0.4, -0.2) is 30.3 Å². The first kappa shape index (κ1) is 18.8. The van der Waals surface area contributed by atoms with Crippen LogP contribution in [0.25, 0.3) is 0 Å². The molecule has 5 nitrogen and oxygen atoms in total. The van der Waals surface area contributed by atoms with E-state index in [1.807, 2.05) is 19.1 Å². The Balaban J connectivity index is 1.75. The van der Waals surface area contributed by atoms with Crippen molar-refractivity contribution in [1.29, 1.82) is 0 Å². The van der Waals surface area contributed by atoms with Gasteiger partial charge in [0.15, 0.2) is 6.10 Å². The third-order valence-corrected chi connectivity index (χ3v) is 4.79. The third kappa shape index (κ3) is 4.08. The summed E-state index contributed by atoms with van der Waals surface area (Å²) in [6.45, 7) is 4.20. The molecule has 1 amide bonds. The molecule has 27 heavy (non-hydrogen) atoms. The number of anilines is 1. The van der Waals surface area contributed by atoms with E-state index in [0.717, 1.165) is 18.4 Å². The van der Waals surface area contributed by atoms with Crippen LogP contribution in [0.4, 0.5) is 5.69 Å². The van der Waals surface area contributed by atoms with E-state index in [-0.39, 0.29) is 11.7 Å². The highest BCUT2D eigenvalue weighted by atomic mass is 16.5. The lowest BCUT2D eigenvalue weighted by atomic mass is 10.0. The topological polar surface area (TPSA) is 63.7 Å². The minimum Gasteiger partial charge on any atom is -0.451 e. The van der Waals surface area contributed by atoms with Crippen molar-refractivity contribution in [3.8, 4) is 0 Å². The summed E-state index contributed by atoms with van der Waals surface area (Å²) in [7, 11) is 0. The van der Waals surface area contributed by atoms with Crippen LogP contribution in [0.15, 0.2) is 48.5 Å². The quantitative estimate of drug-likeness (QED) is 0.577. The highest BCUT2D eigenvalue weighted by molar-refractivity contribution is 6.05. The number of rotatable bonds is 6. The summed E-state index contributed by atoms with van der Waals surface area (Å²) in [6, 6.07) is 14.2. The summed E-state index contributed by atoms with van der Waals surface area (Å²) in [5.74, 6) is -0.854. The van der Waals surface area contributed by atoms with E-state index in [4.69, 9.17) is 4.74 Å². The molecular weight excluding hydrogens is 342 g/mol. The maximum Gasteiger partial charge on any atom is 0.340 e. The number of carbonyl (C=O) groups excluding carboxylic acids is 3. The predicted octanol–water partition coefficient (Wildman–Crippen LogP) is 3.80. The molecule has 1 aliphatic heterocycles. The van der Waals surface area contributed by atoms with Gasteiger partial charge in [-0.15, -0.1) is 0 Å². The average Bonchev–Trinajstić information content (AvgIpc) is 3.13. The van der Waals surface area contributed by atoms with Gasteiger partial charge in [0.2, 0.25) is 11.7 Å². The molecule has 0 radical (unpaired) electrons. The Bertz CT molecular complexity index is 857. The molecule has 0 N–H and O–H groups in total. The molecule has 0 spiro atoms. The largest absolute Gasteiger partial charge is 0.451 e. The lowest BCUT2D eigenvalue weighted by molar-refractivity contribution is -0.117. The number of amides is 1. The Morgan fingerprint density at radius 1 is 1.11 bits per heavy atom. The second-order valence-electron chi connectivity index (χ2n) is 6.63. The van der Waals surface area contributed by atoms with Gasteiger partial charge in [0.1, 0.15) is 0 Å². The number of ketones is 1. The Morgan fingerprint density at radius 3 is 2.44 bits per heavy atom. The maximum atomic E-state index is 12.7. The van der Waals surface area contributed by atoms with Gasteiger partial charge in [-0.05, 0) is 37.5 Å². The molecule has 1 saturated heterocycles. The SMILES string of the molecule is CCc1ccc(C(=O)[C@H](C)OC(=O)c2ccccc2N2CCCC2=O)cc1. The van der Waals surface area contributed by atoms with Gasteiger partial charge < -0.3 is 9.64 Å². The minimum absolute atomic E-state index is 0.00427. The van der Waals surface area contributed by atoms with Crippen molar-refractivity contribution in [3.05, 3.63) is 65.2 Å². The van der Waals surface area contributed by atoms with Gasteiger partial charge >= 0.3 is 5.97 Å². The molecule has 1 atom stereocenters. The maximum absolute atomic E-state index is 12.7. The number of Topliss-reactive ketones (excluding diaryl/α,β-unsaturated/α-hetero) is 1. The summed E-state index contributed by atoms with van der Waals surface area (Å²) in [5.41, 5.74) is 2.49. The summed E-state index contributed by atoms with van der Waals surface area (Å²) in [6.07, 6.45) is 1.23. The number of aryl methyl sites for hydroxylation is 1. The average molecular weight is 365 g/mol. The first-order valence-electron chi connectivity index (χ1n) is 9.24. The van der Waals surface area contributed by atoms with Crippen molar-refractivity contribution < 1.29 is 19.1 Å². The Hall–Kier alpha value is -2.95. The number of ether oxygens (including phenoxy) is 1. The van der Waals surface area contributed by atoms with Crippen LogP contribution in [-0.2, 0) is 16.0 Å². The van der Waals surface area contributed by atoms with Crippen molar-refractivity contribution in [1.82, 2.24) is 0 Å². The Morgan fingerprint density at radius 2 is 1.81 bits per heavy atom. The van der Waals surface area contributed by atoms with Gasteiger partial charge in [-0.2, -0.15) is 0 Å². The summed E-state index contributed by atoms with van der Waals surface area (Å²) >= 11 is 0. The molecule has 0 unspecified atom stereocenters. The molecule has 1 heterocycles. The van der Waals surface area contributed by atoms with Crippen molar-refractivity contribution in [2.75, 3.05) is 11.4 Å². The molecule has 1 aliphatic rings. The van der Waals surface area contributed by atoms with Gasteiger partial charge in [-0.3, -0.25) is 9.59 Å². The highest BCUT2D eigenvalue weighted by Crippen LogP contribution is 2.26. The predicted molar refractivity (Wildman–Crippen MR) is 103 cm³/mol. The second kappa shape index (κ2) is 8.16. The molecule has 2 aromatic carbocycles. The molecule has 0 aliphatic carbocycles. The van der Waals surface area contributed by atoms with Crippen LogP contribution in [0, 0.1) is 0 Å². The van der Waals surface area contributed by atoms with Crippen molar-refractivity contribution in [2.45, 2.75) is 39.2 Å². The Labute approximate surface area is 158 Å². The van der Waals surface area contributed by atoms with Gasteiger partial charge in [0, 0.05) is 18.5 Å². The summed E-state index contributed by atoms with van der Waals surface area (Å²) in [4.78, 5) is 38.9. The molecule has 0 saturated carbocycles. The second-order valence-corrected chi connectivity index (χ2v) is 6.63. The van der Waals surface area contributed by atoms with Gasteiger partial charge in [-0.25, -0.2) is 4.79 Å². The smallest absolute Gasteiger partial charge is 0.340 e. The molecule has 5 heteroatoms. The molecular formula is C22H23NO4. The molecule has 0 aromatic heterocycles. The Kier molecular flexibility index (Phi) is 5.69. The third-order valence-electron chi connectivity index (χ3n) is 4.79. The number of hydrogen-bond acceptors (Lipinski definition) is 4. The summed E-state index contributed by atoms with van der Waals surface area (Å²) < 4.78 is 5.42. The molecule has 3 rings (SSSR count). The number of nitrogens with zero attached hydrogens (tertiary/aromatic N) is 1. The zero-order chi connectivity index (χ0) is 19.4. The zero-order valence-electron chi connectivity index (χ0n) is 15.6. The first-order valence-corrected chi connectivity index (χ1v) is 9.24. The number of para-hydroxylation sites is 1. The van der Waals surface area contributed by atoms with Crippen molar-refractivity contribution in [2.24, 2.45) is 0 Å². The van der Waals surface area contributed by atoms with Crippen LogP contribution >= 0.6 is 0 Å². The van der Waals surface area contributed by atoms with E-state index in [2.05, 4.69) is 0 Å². The van der Waals surface area contributed by atoms with E-state index >= 15 is 0 Å². The fraction of sp³-hybridized carbons (Fsp3) is 0.318. The minimum atomic E-state index is -0.910. The highest BCUT2D eigenvalue weighted by Gasteiger charge is 2.27. The van der Waals surface area contributed by atoms with Crippen LogP contribution in [0.3, 0.4) is 0 Å². The number of hydrogen-bond donors (Lipinski definition) is 0. The van der Waals surface area contributed by atoms with E-state index < -0.39 is 12.1 Å². The monoisotopic (exact) mass is 365 g/mol. The lowest BCUT2D eigenvalue weighted by Gasteiger charge is -2.20. The fourth-order valence-corrected chi connectivity index (χ4v) is 3.20. The number of esters is 1. The van der Waals surface area contributed by atoms with E-state index in [1.54, 1.807) is 48.2 Å². The number of carbonyl (C=O) groups is 3. The van der Waals surface area contributed by atoms with Crippen LogP contribution in [0.1, 0.15) is 53.0 Å². The standard InChI is InChI=1S/C22H23NO4/c1-3-16-10-12-17(13-11-16)21(25)15(2)27-22(26)18-7-4-5-8-19(18)23-14-6-9-20(23)24/h4-5,7-8,10-13,15H,3,6,9,14H2,1-2H3/t15-/m0/s1. The van der Waals surface area contributed by atoms with Crippen molar-refractivity contribution >= 4 is 23.3 Å². The van der Waals surface area contributed by atoms with Gasteiger partial charge in [-0.1, -0.05) is 43.3 Å². The zero-order valence-corrected chi connectivity index (χ0v) is 15.6. The molecule has 0 bridgehead atoms. The van der Waals surface area contributed by atoms with E-state index in [1.165, 1.54) is 0 Å². The van der Waals surface area contributed by atoms with Gasteiger partial charge in [0.25, 0.3) is 0 Å². The van der Waals surface area contributed by atoms with Crippen molar-refractivity contribution in [3.63, 3.8) is 0 Å². The van der Waals surface area contributed by atoms with Crippen LogP contribution < -0.4 is 4.90 Å².